The Morgan fingerprint density at radius 1 is 1.23 bits per heavy atom. The van der Waals surface area contributed by atoms with Gasteiger partial charge in [-0.05, 0) is 43.6 Å². The number of fused-ring (bicyclic) bond motifs is 5. The van der Waals surface area contributed by atoms with Crippen LogP contribution in [0.4, 0.5) is 10.2 Å². The molecule has 0 aliphatic heterocycles. The predicted octanol–water partition coefficient (Wildman–Crippen LogP) is 3.11. The van der Waals surface area contributed by atoms with Crippen LogP contribution in [0.3, 0.4) is 0 Å². The van der Waals surface area contributed by atoms with Crippen molar-refractivity contribution in [1.29, 1.82) is 0 Å². The maximum atomic E-state index is 13.8. The third-order valence-corrected chi connectivity index (χ3v) is 6.80. The number of aliphatic carboxylic acids is 1. The first-order valence-electron chi connectivity index (χ1n) is 10.4. The van der Waals surface area contributed by atoms with Crippen molar-refractivity contribution in [2.75, 3.05) is 5.32 Å². The molecule has 3 aliphatic carbocycles. The molecule has 0 spiro atoms. The molecule has 0 aromatic carbocycles. The second-order valence-electron chi connectivity index (χ2n) is 8.44. The van der Waals surface area contributed by atoms with Gasteiger partial charge in [0.25, 0.3) is 0 Å². The number of aromatic amines is 1. The first-order chi connectivity index (χ1) is 15.1. The number of rotatable bonds is 4. The standard InChI is InChI=1S/C21H20FN7O2/c22-12-7-13-14(9-25-17(13)24-8-12)18-27-19(20-23-5-6-29(20)28-18)26-16-11-3-1-10(2-4-11)15(16)21(30)31/h5-11,15-16H,1-4H2,(H,24,25)(H,30,31)(H,26,27,28)/t10?,11?,15-,16?/m0/s1. The van der Waals surface area contributed by atoms with Gasteiger partial charge in [0.05, 0.1) is 12.1 Å². The number of hydrogen-bond donors (Lipinski definition) is 3. The first-order valence-corrected chi connectivity index (χ1v) is 10.4. The Hall–Kier alpha value is -3.56. The lowest BCUT2D eigenvalue weighted by Crippen LogP contribution is -2.51. The summed E-state index contributed by atoms with van der Waals surface area (Å²) in [5.74, 6) is -0.341. The Kier molecular flexibility index (Phi) is 3.95. The maximum absolute atomic E-state index is 13.8. The van der Waals surface area contributed by atoms with Gasteiger partial charge in [-0.15, -0.1) is 5.10 Å². The molecule has 4 heterocycles. The summed E-state index contributed by atoms with van der Waals surface area (Å²) in [6.07, 6.45) is 10.1. The van der Waals surface area contributed by atoms with Crippen molar-refractivity contribution < 1.29 is 14.3 Å². The number of aromatic nitrogens is 6. The molecule has 1 unspecified atom stereocenters. The fourth-order valence-corrected chi connectivity index (χ4v) is 5.37. The van der Waals surface area contributed by atoms with E-state index < -0.39 is 17.7 Å². The first kappa shape index (κ1) is 18.2. The summed E-state index contributed by atoms with van der Waals surface area (Å²) in [4.78, 5) is 28.2. The zero-order chi connectivity index (χ0) is 21.1. The molecule has 3 aliphatic rings. The van der Waals surface area contributed by atoms with Crippen molar-refractivity contribution in [1.82, 2.24) is 29.5 Å². The second kappa shape index (κ2) is 6.73. The van der Waals surface area contributed by atoms with Gasteiger partial charge in [-0.2, -0.15) is 0 Å². The SMILES string of the molecule is O=C(O)[C@H]1C2CCC(CC2)C1Nc1nc(-c2c[nH]c3ncc(F)cc23)nn2ccnc12. The third-order valence-electron chi connectivity index (χ3n) is 6.80. The van der Waals surface area contributed by atoms with E-state index in [9.17, 15) is 14.3 Å². The lowest BCUT2D eigenvalue weighted by Gasteiger charge is -2.47. The van der Waals surface area contributed by atoms with Gasteiger partial charge in [-0.1, -0.05) is 0 Å². The van der Waals surface area contributed by atoms with Gasteiger partial charge in [0.1, 0.15) is 11.5 Å². The number of H-pyrrole nitrogens is 1. The van der Waals surface area contributed by atoms with E-state index in [1.54, 1.807) is 23.1 Å². The monoisotopic (exact) mass is 421 g/mol. The summed E-state index contributed by atoms with van der Waals surface area (Å²) < 4.78 is 15.4. The fraction of sp³-hybridized carbons (Fsp3) is 0.381. The summed E-state index contributed by atoms with van der Waals surface area (Å²) in [7, 11) is 0. The number of nitrogens with one attached hydrogen (secondary N) is 2. The molecule has 9 nitrogen and oxygen atoms in total. The summed E-state index contributed by atoms with van der Waals surface area (Å²) in [5.41, 5.74) is 1.68. The number of carboxylic acids is 1. The molecule has 3 saturated carbocycles. The van der Waals surface area contributed by atoms with Crippen LogP contribution in [0.5, 0.6) is 0 Å². The van der Waals surface area contributed by atoms with Crippen LogP contribution in [-0.4, -0.2) is 46.7 Å². The van der Waals surface area contributed by atoms with Crippen molar-refractivity contribution in [2.24, 2.45) is 17.8 Å². The van der Waals surface area contributed by atoms with Crippen LogP contribution in [0.1, 0.15) is 25.7 Å². The number of imidazole rings is 1. The zero-order valence-electron chi connectivity index (χ0n) is 16.5. The van der Waals surface area contributed by atoms with Crippen LogP contribution in [0.25, 0.3) is 28.1 Å². The molecule has 3 N–H and O–H groups in total. The van der Waals surface area contributed by atoms with E-state index in [1.165, 1.54) is 6.07 Å². The number of halogens is 1. The lowest BCUT2D eigenvalue weighted by molar-refractivity contribution is -0.148. The quantitative estimate of drug-likeness (QED) is 0.463. The van der Waals surface area contributed by atoms with Gasteiger partial charge in [0.15, 0.2) is 17.3 Å². The average Bonchev–Trinajstić information content (AvgIpc) is 3.41. The maximum Gasteiger partial charge on any atom is 0.308 e. The van der Waals surface area contributed by atoms with Gasteiger partial charge in [0.2, 0.25) is 0 Å². The molecule has 3 fully saturated rings. The highest BCUT2D eigenvalue weighted by Gasteiger charge is 2.47. The molecule has 158 valence electrons. The number of nitrogens with zero attached hydrogens (tertiary/aromatic N) is 5. The van der Waals surface area contributed by atoms with E-state index in [4.69, 9.17) is 4.98 Å². The van der Waals surface area contributed by atoms with Crippen molar-refractivity contribution in [3.63, 3.8) is 0 Å². The third kappa shape index (κ3) is 2.85. The average molecular weight is 421 g/mol. The van der Waals surface area contributed by atoms with Gasteiger partial charge >= 0.3 is 5.97 Å². The number of anilines is 1. The van der Waals surface area contributed by atoms with E-state index in [2.05, 4.69) is 25.4 Å². The lowest BCUT2D eigenvalue weighted by atomic mass is 9.61. The smallest absolute Gasteiger partial charge is 0.308 e. The minimum atomic E-state index is -0.765. The van der Waals surface area contributed by atoms with Gasteiger partial charge in [-0.25, -0.2) is 23.9 Å². The van der Waals surface area contributed by atoms with E-state index >= 15 is 0 Å². The summed E-state index contributed by atoms with van der Waals surface area (Å²) in [6.45, 7) is 0. The van der Waals surface area contributed by atoms with Crippen LogP contribution < -0.4 is 5.32 Å². The molecule has 7 rings (SSSR count). The molecule has 2 bridgehead atoms. The van der Waals surface area contributed by atoms with Crippen LogP contribution in [0, 0.1) is 23.6 Å². The summed E-state index contributed by atoms with van der Waals surface area (Å²) >= 11 is 0. The van der Waals surface area contributed by atoms with Crippen LogP contribution in [0.2, 0.25) is 0 Å². The van der Waals surface area contributed by atoms with Crippen molar-refractivity contribution in [2.45, 2.75) is 31.7 Å². The molecular formula is C21H20FN7O2. The van der Waals surface area contributed by atoms with Crippen LogP contribution in [0.15, 0.2) is 30.9 Å². The largest absolute Gasteiger partial charge is 0.481 e. The van der Waals surface area contributed by atoms with Crippen LogP contribution >= 0.6 is 0 Å². The molecule has 4 aromatic heterocycles. The predicted molar refractivity (Wildman–Crippen MR) is 110 cm³/mol. The number of carbonyl (C=O) groups is 1. The highest BCUT2D eigenvalue weighted by Crippen LogP contribution is 2.46. The topological polar surface area (TPSA) is 121 Å². The summed E-state index contributed by atoms with van der Waals surface area (Å²) in [6, 6.07) is 1.18. The van der Waals surface area contributed by atoms with Gasteiger partial charge in [-0.3, -0.25) is 4.79 Å². The second-order valence-corrected chi connectivity index (χ2v) is 8.44. The number of carboxylic acid groups (broad SMARTS) is 1. The molecule has 2 atom stereocenters. The Bertz CT molecular complexity index is 1310. The van der Waals surface area contributed by atoms with Gasteiger partial charge in [0, 0.05) is 35.6 Å². The molecule has 10 heteroatoms. The molecule has 0 amide bonds. The minimum Gasteiger partial charge on any atom is -0.481 e. The van der Waals surface area contributed by atoms with E-state index in [-0.39, 0.29) is 17.9 Å². The molecule has 31 heavy (non-hydrogen) atoms. The molecule has 0 radical (unpaired) electrons. The Morgan fingerprint density at radius 2 is 2.03 bits per heavy atom. The van der Waals surface area contributed by atoms with Gasteiger partial charge < -0.3 is 15.4 Å². The molecular weight excluding hydrogens is 401 g/mol. The van der Waals surface area contributed by atoms with E-state index in [0.29, 0.717) is 33.9 Å². The highest BCUT2D eigenvalue weighted by molar-refractivity contribution is 5.91. The zero-order valence-corrected chi connectivity index (χ0v) is 16.5. The van der Waals surface area contributed by atoms with Crippen molar-refractivity contribution >= 4 is 28.5 Å². The normalized spacial score (nSPS) is 25.3. The van der Waals surface area contributed by atoms with E-state index in [1.807, 2.05) is 0 Å². The van der Waals surface area contributed by atoms with Crippen molar-refractivity contribution in [3.05, 3.63) is 36.7 Å². The fourth-order valence-electron chi connectivity index (χ4n) is 5.37. The Balaban J connectivity index is 1.46. The van der Waals surface area contributed by atoms with Crippen molar-refractivity contribution in [3.8, 4) is 11.4 Å². The summed E-state index contributed by atoms with van der Waals surface area (Å²) in [5, 5.41) is 18.4. The van der Waals surface area contributed by atoms with Crippen LogP contribution in [-0.2, 0) is 4.79 Å². The molecule has 4 aromatic rings. The number of hydrogen-bond acceptors (Lipinski definition) is 6. The Morgan fingerprint density at radius 3 is 2.84 bits per heavy atom. The molecule has 0 saturated heterocycles. The number of pyridine rings is 1. The highest BCUT2D eigenvalue weighted by atomic mass is 19.1. The van der Waals surface area contributed by atoms with E-state index in [0.717, 1.165) is 31.9 Å². The Labute approximate surface area is 175 Å². The minimum absolute atomic E-state index is 0.180.